The maximum absolute atomic E-state index is 5.45. The van der Waals surface area contributed by atoms with Crippen LogP contribution in [0.3, 0.4) is 0 Å². The number of ether oxygens (including phenoxy) is 1. The van der Waals surface area contributed by atoms with Crippen LogP contribution in [0.15, 0.2) is 66.7 Å². The Hall–Kier alpha value is -2.78. The zero-order valence-corrected chi connectivity index (χ0v) is 15.4. The van der Waals surface area contributed by atoms with E-state index in [4.69, 9.17) is 4.74 Å². The molecule has 0 saturated heterocycles. The molecule has 3 aromatic carbocycles. The molecule has 4 rings (SSSR count). The molecular formula is C23H25N2O+. The summed E-state index contributed by atoms with van der Waals surface area (Å²) in [6, 6.07) is 23.8. The Balaban J connectivity index is 1.59. The van der Waals surface area contributed by atoms with Gasteiger partial charge in [0.1, 0.15) is 18.8 Å². The molecule has 1 heterocycles. The second-order valence-corrected chi connectivity index (χ2v) is 6.62. The lowest BCUT2D eigenvalue weighted by Crippen LogP contribution is -2.80. The van der Waals surface area contributed by atoms with Crippen LogP contribution >= 0.6 is 0 Å². The Morgan fingerprint density at radius 2 is 1.62 bits per heavy atom. The van der Waals surface area contributed by atoms with Gasteiger partial charge in [0.15, 0.2) is 0 Å². The van der Waals surface area contributed by atoms with Crippen molar-refractivity contribution in [2.24, 2.45) is 0 Å². The van der Waals surface area contributed by atoms with E-state index in [0.29, 0.717) is 0 Å². The minimum absolute atomic E-state index is 0.915. The van der Waals surface area contributed by atoms with Crippen LogP contribution in [-0.4, -0.2) is 11.7 Å². The van der Waals surface area contributed by atoms with Gasteiger partial charge in [-0.2, -0.15) is 0 Å². The standard InChI is InChI=1S/C23H24N2O/c1-3-25-21-10-6-5-9-19(21)20-14-17(12-13-22(20)25)15-24-16-18-8-4-7-11-23(18)26-2/h4-14,24H,3,15-16H2,1-2H3/p+1. The van der Waals surface area contributed by atoms with Crippen molar-refractivity contribution in [3.05, 3.63) is 77.9 Å². The van der Waals surface area contributed by atoms with E-state index in [2.05, 4.69) is 71.4 Å². The van der Waals surface area contributed by atoms with Gasteiger partial charge in [-0.15, -0.1) is 0 Å². The van der Waals surface area contributed by atoms with Gasteiger partial charge in [-0.05, 0) is 37.3 Å². The number of hydrogen-bond acceptors (Lipinski definition) is 1. The number of rotatable bonds is 6. The Kier molecular flexibility index (Phi) is 4.63. The van der Waals surface area contributed by atoms with Gasteiger partial charge in [0.2, 0.25) is 0 Å². The molecular weight excluding hydrogens is 320 g/mol. The molecule has 0 aliphatic carbocycles. The Morgan fingerprint density at radius 1 is 0.846 bits per heavy atom. The Labute approximate surface area is 154 Å². The van der Waals surface area contributed by atoms with Gasteiger partial charge in [-0.25, -0.2) is 0 Å². The summed E-state index contributed by atoms with van der Waals surface area (Å²) < 4.78 is 7.84. The van der Waals surface area contributed by atoms with Crippen molar-refractivity contribution in [1.82, 2.24) is 4.57 Å². The summed E-state index contributed by atoms with van der Waals surface area (Å²) in [5, 5.41) is 5.03. The largest absolute Gasteiger partial charge is 0.496 e. The summed E-state index contributed by atoms with van der Waals surface area (Å²) in [4.78, 5) is 0. The predicted octanol–water partition coefficient (Wildman–Crippen LogP) is 4.09. The number of para-hydroxylation sites is 2. The average Bonchev–Trinajstić information content (AvgIpc) is 3.01. The highest BCUT2D eigenvalue weighted by Crippen LogP contribution is 2.29. The number of aromatic nitrogens is 1. The van der Waals surface area contributed by atoms with Gasteiger partial charge in [0, 0.05) is 39.5 Å². The van der Waals surface area contributed by atoms with Crippen LogP contribution in [0.25, 0.3) is 21.8 Å². The van der Waals surface area contributed by atoms with E-state index >= 15 is 0 Å². The van der Waals surface area contributed by atoms with Gasteiger partial charge in [0.05, 0.1) is 7.11 Å². The molecule has 0 aliphatic heterocycles. The normalized spacial score (nSPS) is 11.3. The molecule has 0 aliphatic rings. The van der Waals surface area contributed by atoms with Crippen LogP contribution < -0.4 is 10.1 Å². The minimum atomic E-state index is 0.915. The molecule has 0 fully saturated rings. The van der Waals surface area contributed by atoms with Crippen molar-refractivity contribution in [2.75, 3.05) is 7.11 Å². The molecule has 3 nitrogen and oxygen atoms in total. The highest BCUT2D eigenvalue weighted by Gasteiger charge is 2.10. The van der Waals surface area contributed by atoms with Crippen molar-refractivity contribution in [2.45, 2.75) is 26.6 Å². The summed E-state index contributed by atoms with van der Waals surface area (Å²) in [6.45, 7) is 5.07. The van der Waals surface area contributed by atoms with Crippen molar-refractivity contribution >= 4 is 21.8 Å². The van der Waals surface area contributed by atoms with Gasteiger partial charge >= 0.3 is 0 Å². The van der Waals surface area contributed by atoms with E-state index in [1.165, 1.54) is 32.9 Å². The molecule has 4 aromatic rings. The van der Waals surface area contributed by atoms with Gasteiger partial charge < -0.3 is 14.6 Å². The monoisotopic (exact) mass is 345 g/mol. The third-order valence-corrected chi connectivity index (χ3v) is 5.09. The quantitative estimate of drug-likeness (QED) is 0.561. The lowest BCUT2D eigenvalue weighted by atomic mass is 10.1. The molecule has 0 spiro atoms. The van der Waals surface area contributed by atoms with Crippen LogP contribution in [0.2, 0.25) is 0 Å². The summed E-state index contributed by atoms with van der Waals surface area (Å²) in [5.41, 5.74) is 5.23. The molecule has 0 atom stereocenters. The third kappa shape index (κ3) is 2.95. The third-order valence-electron chi connectivity index (χ3n) is 5.09. The number of benzene rings is 3. The van der Waals surface area contributed by atoms with Crippen LogP contribution in [0, 0.1) is 0 Å². The van der Waals surface area contributed by atoms with E-state index in [0.717, 1.165) is 25.4 Å². The van der Waals surface area contributed by atoms with Crippen molar-refractivity contribution in [3.8, 4) is 5.75 Å². The fraction of sp³-hybridized carbons (Fsp3) is 0.217. The highest BCUT2D eigenvalue weighted by atomic mass is 16.5. The van der Waals surface area contributed by atoms with Gasteiger partial charge in [-0.3, -0.25) is 0 Å². The molecule has 132 valence electrons. The van der Waals surface area contributed by atoms with E-state index < -0.39 is 0 Å². The highest BCUT2D eigenvalue weighted by molar-refractivity contribution is 6.08. The smallest absolute Gasteiger partial charge is 0.127 e. The van der Waals surface area contributed by atoms with Crippen molar-refractivity contribution in [3.63, 3.8) is 0 Å². The number of aryl methyl sites for hydroxylation is 1. The molecule has 0 unspecified atom stereocenters. The fourth-order valence-electron chi connectivity index (χ4n) is 3.83. The van der Waals surface area contributed by atoms with E-state index in [9.17, 15) is 0 Å². The lowest BCUT2D eigenvalue weighted by molar-refractivity contribution is -0.686. The predicted molar refractivity (Wildman–Crippen MR) is 107 cm³/mol. The minimum Gasteiger partial charge on any atom is -0.496 e. The van der Waals surface area contributed by atoms with Crippen molar-refractivity contribution in [1.29, 1.82) is 0 Å². The maximum Gasteiger partial charge on any atom is 0.127 e. The van der Waals surface area contributed by atoms with Crippen molar-refractivity contribution < 1.29 is 10.1 Å². The summed E-state index contributed by atoms with van der Waals surface area (Å²) in [7, 11) is 1.73. The second-order valence-electron chi connectivity index (χ2n) is 6.62. The van der Waals surface area contributed by atoms with Crippen LogP contribution in [-0.2, 0) is 19.6 Å². The average molecular weight is 345 g/mol. The maximum atomic E-state index is 5.45. The van der Waals surface area contributed by atoms with E-state index in [1.807, 2.05) is 12.1 Å². The molecule has 1 aromatic heterocycles. The number of nitrogens with zero attached hydrogens (tertiary/aromatic N) is 1. The zero-order valence-electron chi connectivity index (χ0n) is 15.4. The SMILES string of the molecule is CCn1c2ccccc2c2cc(C[NH2+]Cc3ccccc3OC)ccc21. The molecule has 0 radical (unpaired) electrons. The van der Waals surface area contributed by atoms with Gasteiger partial charge in [-0.1, -0.05) is 36.4 Å². The fourth-order valence-corrected chi connectivity index (χ4v) is 3.83. The first-order valence-electron chi connectivity index (χ1n) is 9.25. The number of quaternary nitrogens is 1. The van der Waals surface area contributed by atoms with Crippen LogP contribution in [0.5, 0.6) is 5.75 Å². The number of fused-ring (bicyclic) bond motifs is 3. The number of methoxy groups -OCH3 is 1. The summed E-state index contributed by atoms with van der Waals surface area (Å²) in [5.74, 6) is 0.963. The summed E-state index contributed by atoms with van der Waals surface area (Å²) >= 11 is 0. The van der Waals surface area contributed by atoms with E-state index in [-0.39, 0.29) is 0 Å². The molecule has 0 amide bonds. The molecule has 3 heteroatoms. The molecule has 2 N–H and O–H groups in total. The topological polar surface area (TPSA) is 30.8 Å². The van der Waals surface area contributed by atoms with Gasteiger partial charge in [0.25, 0.3) is 0 Å². The first-order chi connectivity index (χ1) is 12.8. The first-order valence-corrected chi connectivity index (χ1v) is 9.25. The molecule has 26 heavy (non-hydrogen) atoms. The number of nitrogens with two attached hydrogens (primary N) is 1. The molecule has 0 saturated carbocycles. The molecule has 0 bridgehead atoms. The second kappa shape index (κ2) is 7.22. The van der Waals surface area contributed by atoms with Crippen LogP contribution in [0.1, 0.15) is 18.1 Å². The lowest BCUT2D eigenvalue weighted by Gasteiger charge is -2.08. The zero-order chi connectivity index (χ0) is 17.9. The Bertz CT molecular complexity index is 1050. The number of hydrogen-bond donors (Lipinski definition) is 1. The van der Waals surface area contributed by atoms with E-state index in [1.54, 1.807) is 7.11 Å². The van der Waals surface area contributed by atoms with Crippen LogP contribution in [0.4, 0.5) is 0 Å². The first kappa shape index (κ1) is 16.7. The Morgan fingerprint density at radius 3 is 2.46 bits per heavy atom. The summed E-state index contributed by atoms with van der Waals surface area (Å²) in [6.07, 6.45) is 0.